The third-order valence-corrected chi connectivity index (χ3v) is 4.87. The number of esters is 1. The van der Waals surface area contributed by atoms with Gasteiger partial charge in [0.15, 0.2) is 0 Å². The van der Waals surface area contributed by atoms with Crippen LogP contribution in [-0.4, -0.2) is 47.1 Å². The van der Waals surface area contributed by atoms with Crippen LogP contribution >= 0.6 is 11.6 Å². The van der Waals surface area contributed by atoms with Gasteiger partial charge in [-0.05, 0) is 58.8 Å². The normalized spacial score (nSPS) is 32.1. The Kier molecular flexibility index (Phi) is 5.25. The van der Waals surface area contributed by atoms with Crippen LogP contribution in [0.5, 0.6) is 0 Å². The van der Waals surface area contributed by atoms with Gasteiger partial charge in [-0.25, -0.2) is 9.59 Å². The van der Waals surface area contributed by atoms with Crippen molar-refractivity contribution in [3.05, 3.63) is 0 Å². The molecule has 0 aromatic rings. The Labute approximate surface area is 137 Å². The molecule has 22 heavy (non-hydrogen) atoms. The zero-order chi connectivity index (χ0) is 16.5. The molecule has 2 fully saturated rings. The summed E-state index contributed by atoms with van der Waals surface area (Å²) < 4.78 is 10.4. The third kappa shape index (κ3) is 3.86. The molecule has 1 amide bonds. The average Bonchev–Trinajstić information content (AvgIpc) is 2.43. The second-order valence-electron chi connectivity index (χ2n) is 7.24. The Bertz CT molecular complexity index is 434. The molecule has 1 aliphatic heterocycles. The van der Waals surface area contributed by atoms with Gasteiger partial charge in [-0.2, -0.15) is 0 Å². The molecular weight excluding hydrogens is 306 g/mol. The average molecular weight is 332 g/mol. The van der Waals surface area contributed by atoms with Gasteiger partial charge in [-0.15, -0.1) is 11.6 Å². The van der Waals surface area contributed by atoms with Crippen LogP contribution in [0.4, 0.5) is 4.79 Å². The van der Waals surface area contributed by atoms with Gasteiger partial charge in [-0.3, -0.25) is 4.90 Å². The molecule has 1 heterocycles. The molecule has 0 spiro atoms. The van der Waals surface area contributed by atoms with Crippen molar-refractivity contribution in [2.75, 3.05) is 7.11 Å². The van der Waals surface area contributed by atoms with E-state index in [1.165, 1.54) is 7.11 Å². The molecule has 0 aromatic carbocycles. The number of hydrogen-bond acceptors (Lipinski definition) is 4. The Morgan fingerprint density at radius 2 is 1.77 bits per heavy atom. The van der Waals surface area contributed by atoms with Crippen LogP contribution in [0.25, 0.3) is 0 Å². The summed E-state index contributed by atoms with van der Waals surface area (Å²) in [6, 6.07) is -0.605. The van der Waals surface area contributed by atoms with E-state index in [-0.39, 0.29) is 17.4 Å². The first-order chi connectivity index (χ1) is 10.2. The van der Waals surface area contributed by atoms with E-state index in [4.69, 9.17) is 21.1 Å². The first-order valence-electron chi connectivity index (χ1n) is 7.96. The van der Waals surface area contributed by atoms with Crippen LogP contribution in [-0.2, 0) is 14.3 Å². The SMILES string of the molecule is COC(=O)[C@@H]1CC[C@@H]2CC[C@@H](Cl)C[C@@H]2N1C(=O)OC(C)(C)C. The number of carbonyl (C=O) groups excluding carboxylic acids is 2. The predicted molar refractivity (Wildman–Crippen MR) is 83.9 cm³/mol. The number of likely N-dealkylation sites (tertiary alicyclic amines) is 1. The van der Waals surface area contributed by atoms with Gasteiger partial charge in [-0.1, -0.05) is 0 Å². The maximum absolute atomic E-state index is 12.7. The Morgan fingerprint density at radius 3 is 2.36 bits per heavy atom. The van der Waals surface area contributed by atoms with Crippen molar-refractivity contribution >= 4 is 23.7 Å². The smallest absolute Gasteiger partial charge is 0.411 e. The summed E-state index contributed by atoms with van der Waals surface area (Å²) in [7, 11) is 1.35. The highest BCUT2D eigenvalue weighted by atomic mass is 35.5. The molecule has 1 aliphatic carbocycles. The minimum Gasteiger partial charge on any atom is -0.467 e. The van der Waals surface area contributed by atoms with Crippen molar-refractivity contribution in [2.45, 2.75) is 75.9 Å². The number of halogens is 1. The monoisotopic (exact) mass is 331 g/mol. The van der Waals surface area contributed by atoms with Crippen LogP contribution in [0.15, 0.2) is 0 Å². The van der Waals surface area contributed by atoms with Gasteiger partial charge >= 0.3 is 12.1 Å². The fourth-order valence-corrected chi connectivity index (χ4v) is 3.83. The van der Waals surface area contributed by atoms with Gasteiger partial charge in [0.25, 0.3) is 0 Å². The summed E-state index contributed by atoms with van der Waals surface area (Å²) in [6.45, 7) is 5.47. The number of hydrogen-bond donors (Lipinski definition) is 0. The van der Waals surface area contributed by atoms with E-state index >= 15 is 0 Å². The molecule has 2 rings (SSSR count). The number of nitrogens with zero attached hydrogens (tertiary/aromatic N) is 1. The molecule has 4 atom stereocenters. The molecule has 1 saturated heterocycles. The minimum absolute atomic E-state index is 0.0380. The zero-order valence-electron chi connectivity index (χ0n) is 13.8. The Balaban J connectivity index is 2.25. The van der Waals surface area contributed by atoms with Gasteiger partial charge in [0, 0.05) is 11.4 Å². The summed E-state index contributed by atoms with van der Waals surface area (Å²) in [6.07, 6.45) is 3.77. The lowest BCUT2D eigenvalue weighted by Crippen LogP contribution is -2.59. The molecule has 0 unspecified atom stereocenters. The van der Waals surface area contributed by atoms with Gasteiger partial charge < -0.3 is 9.47 Å². The first-order valence-corrected chi connectivity index (χ1v) is 8.40. The van der Waals surface area contributed by atoms with Gasteiger partial charge in [0.1, 0.15) is 11.6 Å². The van der Waals surface area contributed by atoms with Gasteiger partial charge in [0.2, 0.25) is 0 Å². The Morgan fingerprint density at radius 1 is 1.14 bits per heavy atom. The van der Waals surface area contributed by atoms with Crippen molar-refractivity contribution in [1.82, 2.24) is 4.90 Å². The molecule has 2 aliphatic rings. The van der Waals surface area contributed by atoms with E-state index in [1.807, 2.05) is 20.8 Å². The largest absolute Gasteiger partial charge is 0.467 e. The molecule has 0 radical (unpaired) electrons. The number of alkyl halides is 1. The third-order valence-electron chi connectivity index (χ3n) is 4.47. The predicted octanol–water partition coefficient (Wildman–Crippen LogP) is 3.34. The van der Waals surface area contributed by atoms with Crippen molar-refractivity contribution < 1.29 is 19.1 Å². The molecular formula is C16H26ClNO4. The van der Waals surface area contributed by atoms with Crippen molar-refractivity contribution in [3.63, 3.8) is 0 Å². The van der Waals surface area contributed by atoms with Gasteiger partial charge in [0.05, 0.1) is 7.11 Å². The number of carbonyl (C=O) groups is 2. The maximum Gasteiger partial charge on any atom is 0.411 e. The van der Waals surface area contributed by atoms with Crippen LogP contribution < -0.4 is 0 Å². The van der Waals surface area contributed by atoms with E-state index < -0.39 is 17.7 Å². The van der Waals surface area contributed by atoms with Crippen LogP contribution in [0, 0.1) is 5.92 Å². The Hall–Kier alpha value is -0.970. The van der Waals surface area contributed by atoms with Crippen molar-refractivity contribution in [1.29, 1.82) is 0 Å². The fourth-order valence-electron chi connectivity index (χ4n) is 3.52. The molecule has 0 aromatic heterocycles. The summed E-state index contributed by atoms with van der Waals surface area (Å²) in [5.41, 5.74) is -0.597. The van der Waals surface area contributed by atoms with E-state index in [9.17, 15) is 9.59 Å². The maximum atomic E-state index is 12.7. The summed E-state index contributed by atoms with van der Waals surface area (Å²) >= 11 is 6.31. The summed E-state index contributed by atoms with van der Waals surface area (Å²) in [5.74, 6) is 0.0180. The lowest BCUT2D eigenvalue weighted by atomic mass is 9.76. The molecule has 0 N–H and O–H groups in total. The van der Waals surface area contributed by atoms with Crippen LogP contribution in [0.3, 0.4) is 0 Å². The number of ether oxygens (including phenoxy) is 2. The lowest BCUT2D eigenvalue weighted by Gasteiger charge is -2.48. The van der Waals surface area contributed by atoms with E-state index in [0.717, 1.165) is 19.3 Å². The van der Waals surface area contributed by atoms with E-state index in [2.05, 4.69) is 0 Å². The summed E-state index contributed by atoms with van der Waals surface area (Å²) in [5, 5.41) is 0.0441. The van der Waals surface area contributed by atoms with E-state index in [0.29, 0.717) is 18.8 Å². The number of piperidine rings is 1. The highest BCUT2D eigenvalue weighted by Gasteiger charge is 2.47. The van der Waals surface area contributed by atoms with Crippen molar-refractivity contribution in [2.24, 2.45) is 5.92 Å². The molecule has 126 valence electrons. The lowest BCUT2D eigenvalue weighted by molar-refractivity contribution is -0.151. The molecule has 6 heteroatoms. The highest BCUT2D eigenvalue weighted by molar-refractivity contribution is 6.20. The van der Waals surface area contributed by atoms with Crippen molar-refractivity contribution in [3.8, 4) is 0 Å². The second-order valence-corrected chi connectivity index (χ2v) is 7.86. The highest BCUT2D eigenvalue weighted by Crippen LogP contribution is 2.40. The molecule has 1 saturated carbocycles. The summed E-state index contributed by atoms with van der Waals surface area (Å²) in [4.78, 5) is 26.4. The quantitative estimate of drug-likeness (QED) is 0.546. The number of amides is 1. The second kappa shape index (κ2) is 6.65. The number of fused-ring (bicyclic) bond motifs is 1. The zero-order valence-corrected chi connectivity index (χ0v) is 14.6. The number of methoxy groups -OCH3 is 1. The van der Waals surface area contributed by atoms with Crippen LogP contribution in [0.1, 0.15) is 52.9 Å². The standard InChI is InChI=1S/C16H26ClNO4/c1-16(2,3)22-15(20)18-12(14(19)21-4)8-6-10-5-7-11(17)9-13(10)18/h10-13H,5-9H2,1-4H3/t10-,11+,12-,13-/m0/s1. The molecule has 0 bridgehead atoms. The first kappa shape index (κ1) is 17.4. The molecule has 5 nitrogen and oxygen atoms in total. The van der Waals surface area contributed by atoms with E-state index in [1.54, 1.807) is 4.90 Å². The topological polar surface area (TPSA) is 55.8 Å². The van der Waals surface area contributed by atoms with Crippen LogP contribution in [0.2, 0.25) is 0 Å². The fraction of sp³-hybridized carbons (Fsp3) is 0.875. The minimum atomic E-state index is -0.597. The number of rotatable bonds is 1.